The van der Waals surface area contributed by atoms with E-state index >= 15 is 0 Å². The Bertz CT molecular complexity index is 673. The van der Waals surface area contributed by atoms with Crippen molar-refractivity contribution in [1.29, 1.82) is 0 Å². The van der Waals surface area contributed by atoms with E-state index in [1.165, 1.54) is 29.5 Å². The van der Waals surface area contributed by atoms with E-state index in [4.69, 9.17) is 0 Å². The molecule has 0 saturated heterocycles. The van der Waals surface area contributed by atoms with E-state index < -0.39 is 4.92 Å². The lowest BCUT2D eigenvalue weighted by atomic mass is 10.0. The quantitative estimate of drug-likeness (QED) is 0.478. The molecule has 0 fully saturated rings. The summed E-state index contributed by atoms with van der Waals surface area (Å²) in [6.45, 7) is 3.59. The Morgan fingerprint density at radius 3 is 2.48 bits per heavy atom. The fraction of sp³-hybridized carbons (Fsp3) is 0.214. The van der Waals surface area contributed by atoms with Gasteiger partial charge in [-0.2, -0.15) is 5.10 Å². The maximum Gasteiger partial charge on any atom is 0.269 e. The summed E-state index contributed by atoms with van der Waals surface area (Å²) in [5.74, 6) is -0.280. The fourth-order valence-corrected chi connectivity index (χ4v) is 1.73. The Hall–Kier alpha value is -2.83. The van der Waals surface area contributed by atoms with Crippen molar-refractivity contribution in [2.24, 2.45) is 5.92 Å². The second-order valence-corrected chi connectivity index (χ2v) is 4.74. The van der Waals surface area contributed by atoms with E-state index in [0.29, 0.717) is 11.3 Å². The normalized spacial score (nSPS) is 11.7. The smallest absolute Gasteiger partial charge is 0.269 e. The van der Waals surface area contributed by atoms with Gasteiger partial charge in [0.15, 0.2) is 5.78 Å². The van der Waals surface area contributed by atoms with Crippen LogP contribution in [0.25, 0.3) is 11.8 Å². The minimum absolute atomic E-state index is 0.00430. The first-order valence-corrected chi connectivity index (χ1v) is 6.34. The third-order valence-corrected chi connectivity index (χ3v) is 2.85. The molecular weight excluding hydrogens is 272 g/mol. The van der Waals surface area contributed by atoms with Gasteiger partial charge in [-0.1, -0.05) is 13.8 Å². The molecule has 0 aliphatic carbocycles. The Morgan fingerprint density at radius 2 is 2.00 bits per heavy atom. The largest absolute Gasteiger partial charge is 0.292 e. The van der Waals surface area contributed by atoms with Gasteiger partial charge in [-0.15, -0.1) is 0 Å². The summed E-state index contributed by atoms with van der Waals surface area (Å²) < 4.78 is 1.39. The number of ketones is 1. The van der Waals surface area contributed by atoms with Crippen LogP contribution in [0.5, 0.6) is 0 Å². The average Bonchev–Trinajstić information content (AvgIpc) is 2.98. The number of hydrogen-bond acceptors (Lipinski definition) is 5. The Morgan fingerprint density at radius 1 is 1.33 bits per heavy atom. The summed E-state index contributed by atoms with van der Waals surface area (Å²) >= 11 is 0. The number of aromatic nitrogens is 3. The Labute approximate surface area is 121 Å². The predicted molar refractivity (Wildman–Crippen MR) is 77.1 cm³/mol. The number of nitro groups is 1. The molecule has 0 spiro atoms. The average molecular weight is 286 g/mol. The molecule has 0 aliphatic heterocycles. The van der Waals surface area contributed by atoms with Gasteiger partial charge >= 0.3 is 0 Å². The molecule has 0 bridgehead atoms. The maximum atomic E-state index is 12.3. The Balaban J connectivity index is 2.41. The van der Waals surface area contributed by atoms with E-state index in [-0.39, 0.29) is 17.4 Å². The molecule has 1 aromatic heterocycles. The number of non-ortho nitro benzene ring substituents is 1. The van der Waals surface area contributed by atoms with E-state index in [0.717, 1.165) is 0 Å². The summed E-state index contributed by atoms with van der Waals surface area (Å²) in [5.41, 5.74) is 1.06. The highest BCUT2D eigenvalue weighted by atomic mass is 16.6. The maximum absolute atomic E-state index is 12.3. The summed E-state index contributed by atoms with van der Waals surface area (Å²) in [5, 5.41) is 14.6. The summed E-state index contributed by atoms with van der Waals surface area (Å²) in [7, 11) is 0. The molecule has 21 heavy (non-hydrogen) atoms. The van der Waals surface area contributed by atoms with Crippen molar-refractivity contribution in [3.05, 3.63) is 52.6 Å². The number of carbonyl (C=O) groups is 1. The summed E-state index contributed by atoms with van der Waals surface area (Å²) in [6, 6.07) is 5.96. The van der Waals surface area contributed by atoms with Crippen LogP contribution < -0.4 is 0 Å². The molecule has 0 amide bonds. The zero-order valence-corrected chi connectivity index (χ0v) is 11.6. The standard InChI is InChI=1S/C14H14N4O3/c1-10(2)14(19)13(17-9-15-8-16-17)7-11-3-5-12(6-4-11)18(20)21/h3-10H,1-2H3. The van der Waals surface area contributed by atoms with Crippen molar-refractivity contribution in [2.75, 3.05) is 0 Å². The number of allylic oxidation sites excluding steroid dienone is 1. The van der Waals surface area contributed by atoms with Crippen LogP contribution >= 0.6 is 0 Å². The van der Waals surface area contributed by atoms with Gasteiger partial charge in [0.1, 0.15) is 18.4 Å². The van der Waals surface area contributed by atoms with Crippen LogP contribution in [0.2, 0.25) is 0 Å². The van der Waals surface area contributed by atoms with E-state index in [2.05, 4.69) is 10.1 Å². The highest BCUT2D eigenvalue weighted by Crippen LogP contribution is 2.18. The third kappa shape index (κ3) is 3.38. The van der Waals surface area contributed by atoms with Crippen LogP contribution in [-0.4, -0.2) is 25.5 Å². The number of nitrogens with zero attached hydrogens (tertiary/aromatic N) is 4. The lowest BCUT2D eigenvalue weighted by Crippen LogP contribution is -2.14. The van der Waals surface area contributed by atoms with Gasteiger partial charge in [0, 0.05) is 18.1 Å². The number of rotatable bonds is 5. The number of Topliss-reactive ketones (excluding diaryl/α,β-unsaturated/α-hetero) is 1. The minimum Gasteiger partial charge on any atom is -0.292 e. The van der Waals surface area contributed by atoms with Crippen molar-refractivity contribution in [3.63, 3.8) is 0 Å². The van der Waals surface area contributed by atoms with Crippen LogP contribution in [0.3, 0.4) is 0 Å². The molecule has 0 radical (unpaired) electrons. The minimum atomic E-state index is -0.467. The molecule has 7 nitrogen and oxygen atoms in total. The second kappa shape index (κ2) is 6.08. The topological polar surface area (TPSA) is 90.9 Å². The van der Waals surface area contributed by atoms with Gasteiger partial charge in [-0.25, -0.2) is 9.67 Å². The van der Waals surface area contributed by atoms with Crippen LogP contribution in [0.4, 0.5) is 5.69 Å². The van der Waals surface area contributed by atoms with E-state index in [1.54, 1.807) is 32.1 Å². The first kappa shape index (κ1) is 14.6. The molecule has 0 N–H and O–H groups in total. The van der Waals surface area contributed by atoms with Gasteiger partial charge in [0.05, 0.1) is 4.92 Å². The first-order valence-electron chi connectivity index (χ1n) is 6.34. The molecule has 0 atom stereocenters. The highest BCUT2D eigenvalue weighted by Gasteiger charge is 2.16. The number of nitro benzene ring substituents is 1. The highest BCUT2D eigenvalue weighted by molar-refractivity contribution is 6.20. The molecule has 1 heterocycles. The van der Waals surface area contributed by atoms with Crippen molar-refractivity contribution in [1.82, 2.24) is 14.8 Å². The first-order chi connectivity index (χ1) is 9.99. The molecule has 2 aromatic rings. The number of benzene rings is 1. The van der Waals surface area contributed by atoms with Crippen molar-refractivity contribution in [3.8, 4) is 0 Å². The van der Waals surface area contributed by atoms with Crippen LogP contribution in [0.15, 0.2) is 36.9 Å². The van der Waals surface area contributed by atoms with Crippen molar-refractivity contribution in [2.45, 2.75) is 13.8 Å². The number of carbonyl (C=O) groups excluding carboxylic acids is 1. The van der Waals surface area contributed by atoms with Gasteiger partial charge in [0.25, 0.3) is 5.69 Å². The molecule has 7 heteroatoms. The van der Waals surface area contributed by atoms with Gasteiger partial charge < -0.3 is 0 Å². The predicted octanol–water partition coefficient (Wildman–Crippen LogP) is 2.41. The SMILES string of the molecule is CC(C)C(=O)C(=Cc1ccc([N+](=O)[O-])cc1)n1cncn1. The lowest BCUT2D eigenvalue weighted by Gasteiger charge is -2.09. The van der Waals surface area contributed by atoms with Crippen LogP contribution in [0, 0.1) is 16.0 Å². The molecule has 0 aliphatic rings. The Kier molecular flexibility index (Phi) is 4.22. The monoisotopic (exact) mass is 286 g/mol. The van der Waals surface area contributed by atoms with Crippen LogP contribution in [0.1, 0.15) is 19.4 Å². The summed E-state index contributed by atoms with van der Waals surface area (Å²) in [6.07, 6.45) is 4.43. The van der Waals surface area contributed by atoms with E-state index in [1.807, 2.05) is 0 Å². The zero-order chi connectivity index (χ0) is 15.4. The van der Waals surface area contributed by atoms with Crippen molar-refractivity contribution >= 4 is 23.2 Å². The molecule has 0 unspecified atom stereocenters. The van der Waals surface area contributed by atoms with Gasteiger partial charge in [0.2, 0.25) is 0 Å². The zero-order valence-electron chi connectivity index (χ0n) is 11.6. The summed E-state index contributed by atoms with van der Waals surface area (Å²) in [4.78, 5) is 26.3. The molecule has 108 valence electrons. The fourth-order valence-electron chi connectivity index (χ4n) is 1.73. The molecule has 1 aromatic carbocycles. The molecular formula is C14H14N4O3. The molecule has 2 rings (SSSR count). The number of hydrogen-bond donors (Lipinski definition) is 0. The van der Waals surface area contributed by atoms with E-state index in [9.17, 15) is 14.9 Å². The third-order valence-electron chi connectivity index (χ3n) is 2.85. The van der Waals surface area contributed by atoms with Gasteiger partial charge in [-0.05, 0) is 23.8 Å². The van der Waals surface area contributed by atoms with Crippen molar-refractivity contribution < 1.29 is 9.72 Å². The van der Waals surface area contributed by atoms with Gasteiger partial charge in [-0.3, -0.25) is 14.9 Å². The lowest BCUT2D eigenvalue weighted by molar-refractivity contribution is -0.384. The van der Waals surface area contributed by atoms with Crippen LogP contribution in [-0.2, 0) is 4.79 Å². The second-order valence-electron chi connectivity index (χ2n) is 4.74. The molecule has 0 saturated carbocycles.